The molecule has 30 heavy (non-hydrogen) atoms. The molecule has 0 aliphatic carbocycles. The molecule has 0 bridgehead atoms. The number of amides is 2. The van der Waals surface area contributed by atoms with Crippen LogP contribution in [0, 0.1) is 0 Å². The molecule has 3 aromatic carbocycles. The van der Waals surface area contributed by atoms with E-state index >= 15 is 0 Å². The number of para-hydroxylation sites is 2. The van der Waals surface area contributed by atoms with Crippen molar-refractivity contribution in [3.8, 4) is 5.75 Å². The van der Waals surface area contributed by atoms with Crippen LogP contribution in [0.3, 0.4) is 0 Å². The molecule has 152 valence electrons. The third-order valence-electron chi connectivity index (χ3n) is 4.42. The SMILES string of the molecule is COc1ccccc1C(=O)NC(=S)Nc1ccc(C(=O)N(C)c2ccccc2)cc1. The molecule has 0 radical (unpaired) electrons. The van der Waals surface area contributed by atoms with Gasteiger partial charge in [0.05, 0.1) is 12.7 Å². The Balaban J connectivity index is 1.62. The predicted octanol–water partition coefficient (Wildman–Crippen LogP) is 4.10. The number of hydrogen-bond acceptors (Lipinski definition) is 4. The smallest absolute Gasteiger partial charge is 0.261 e. The Hall–Kier alpha value is -3.71. The van der Waals surface area contributed by atoms with E-state index in [0.717, 1.165) is 5.69 Å². The van der Waals surface area contributed by atoms with Gasteiger partial charge in [0, 0.05) is 24.0 Å². The minimum atomic E-state index is -0.374. The summed E-state index contributed by atoms with van der Waals surface area (Å²) in [5, 5.41) is 5.71. The van der Waals surface area contributed by atoms with Gasteiger partial charge in [-0.1, -0.05) is 30.3 Å². The molecule has 0 heterocycles. The predicted molar refractivity (Wildman–Crippen MR) is 122 cm³/mol. The van der Waals surface area contributed by atoms with Gasteiger partial charge in [-0.3, -0.25) is 14.9 Å². The molecule has 6 nitrogen and oxygen atoms in total. The van der Waals surface area contributed by atoms with Crippen molar-refractivity contribution in [2.75, 3.05) is 24.4 Å². The molecule has 3 aromatic rings. The lowest BCUT2D eigenvalue weighted by molar-refractivity contribution is 0.0971. The summed E-state index contributed by atoms with van der Waals surface area (Å²) in [6.07, 6.45) is 0. The third-order valence-corrected chi connectivity index (χ3v) is 4.62. The molecule has 0 saturated carbocycles. The number of rotatable bonds is 5. The Kier molecular flexibility index (Phi) is 6.77. The van der Waals surface area contributed by atoms with Crippen molar-refractivity contribution in [1.29, 1.82) is 0 Å². The molecule has 2 amide bonds. The van der Waals surface area contributed by atoms with Crippen molar-refractivity contribution >= 4 is 40.5 Å². The van der Waals surface area contributed by atoms with Gasteiger partial charge in [0.25, 0.3) is 11.8 Å². The van der Waals surface area contributed by atoms with Crippen molar-refractivity contribution in [1.82, 2.24) is 5.32 Å². The van der Waals surface area contributed by atoms with Crippen molar-refractivity contribution < 1.29 is 14.3 Å². The Morgan fingerprint density at radius 3 is 2.20 bits per heavy atom. The maximum Gasteiger partial charge on any atom is 0.261 e. The summed E-state index contributed by atoms with van der Waals surface area (Å²) >= 11 is 5.22. The van der Waals surface area contributed by atoms with Crippen LogP contribution in [-0.2, 0) is 0 Å². The van der Waals surface area contributed by atoms with E-state index < -0.39 is 0 Å². The molecule has 0 fully saturated rings. The number of nitrogens with zero attached hydrogens (tertiary/aromatic N) is 1. The van der Waals surface area contributed by atoms with Crippen LogP contribution < -0.4 is 20.3 Å². The van der Waals surface area contributed by atoms with Crippen LogP contribution in [0.2, 0.25) is 0 Å². The summed E-state index contributed by atoms with van der Waals surface area (Å²) in [4.78, 5) is 26.6. The van der Waals surface area contributed by atoms with Crippen molar-refractivity contribution in [3.05, 3.63) is 90.0 Å². The van der Waals surface area contributed by atoms with Gasteiger partial charge in [-0.2, -0.15) is 0 Å². The molecule has 2 N–H and O–H groups in total. The number of thiocarbonyl (C=S) groups is 1. The fourth-order valence-electron chi connectivity index (χ4n) is 2.82. The first-order valence-electron chi connectivity index (χ1n) is 9.18. The van der Waals surface area contributed by atoms with Gasteiger partial charge in [-0.15, -0.1) is 0 Å². The Bertz CT molecular complexity index is 1050. The number of carbonyl (C=O) groups is 2. The van der Waals surface area contributed by atoms with Crippen LogP contribution in [-0.4, -0.2) is 31.1 Å². The highest BCUT2D eigenvalue weighted by atomic mass is 32.1. The number of methoxy groups -OCH3 is 1. The van der Waals surface area contributed by atoms with E-state index in [-0.39, 0.29) is 16.9 Å². The molecular weight excluding hydrogens is 398 g/mol. The van der Waals surface area contributed by atoms with E-state index in [1.165, 1.54) is 7.11 Å². The Morgan fingerprint density at radius 1 is 0.900 bits per heavy atom. The van der Waals surface area contributed by atoms with E-state index in [4.69, 9.17) is 17.0 Å². The van der Waals surface area contributed by atoms with Crippen molar-refractivity contribution in [3.63, 3.8) is 0 Å². The first-order valence-corrected chi connectivity index (χ1v) is 9.59. The number of anilines is 2. The van der Waals surface area contributed by atoms with Crippen LogP contribution in [0.25, 0.3) is 0 Å². The Labute approximate surface area is 180 Å². The minimum Gasteiger partial charge on any atom is -0.496 e. The molecule has 0 aliphatic rings. The van der Waals surface area contributed by atoms with Crippen molar-refractivity contribution in [2.45, 2.75) is 0 Å². The first-order chi connectivity index (χ1) is 14.5. The molecule has 0 atom stereocenters. The van der Waals surface area contributed by atoms with Gasteiger partial charge >= 0.3 is 0 Å². The molecular formula is C23H21N3O3S. The molecule has 0 saturated heterocycles. The highest BCUT2D eigenvalue weighted by Gasteiger charge is 2.15. The topological polar surface area (TPSA) is 70.7 Å². The summed E-state index contributed by atoms with van der Waals surface area (Å²) in [6, 6.07) is 23.2. The van der Waals surface area contributed by atoms with Gasteiger partial charge in [0.15, 0.2) is 5.11 Å². The van der Waals surface area contributed by atoms with Gasteiger partial charge in [0.2, 0.25) is 0 Å². The van der Waals surface area contributed by atoms with Gasteiger partial charge < -0.3 is 15.0 Å². The monoisotopic (exact) mass is 419 g/mol. The number of benzene rings is 3. The lowest BCUT2D eigenvalue weighted by Crippen LogP contribution is -2.34. The van der Waals surface area contributed by atoms with E-state index in [1.807, 2.05) is 30.3 Å². The highest BCUT2D eigenvalue weighted by Crippen LogP contribution is 2.18. The normalized spacial score (nSPS) is 10.1. The average Bonchev–Trinajstić information content (AvgIpc) is 2.79. The third kappa shape index (κ3) is 5.01. The van der Waals surface area contributed by atoms with E-state index in [1.54, 1.807) is 60.5 Å². The fourth-order valence-corrected chi connectivity index (χ4v) is 3.03. The zero-order valence-electron chi connectivity index (χ0n) is 16.6. The summed E-state index contributed by atoms with van der Waals surface area (Å²) in [7, 11) is 3.23. The zero-order chi connectivity index (χ0) is 21.5. The van der Waals surface area contributed by atoms with Gasteiger partial charge in [-0.05, 0) is 60.7 Å². The van der Waals surface area contributed by atoms with E-state index in [9.17, 15) is 9.59 Å². The highest BCUT2D eigenvalue weighted by molar-refractivity contribution is 7.80. The van der Waals surface area contributed by atoms with Gasteiger partial charge in [0.1, 0.15) is 5.75 Å². The number of carbonyl (C=O) groups excluding carboxylic acids is 2. The van der Waals surface area contributed by atoms with Gasteiger partial charge in [-0.25, -0.2) is 0 Å². The molecule has 7 heteroatoms. The van der Waals surface area contributed by atoms with Crippen molar-refractivity contribution in [2.24, 2.45) is 0 Å². The standard InChI is InChI=1S/C23H21N3O3S/c1-26(18-8-4-3-5-9-18)22(28)16-12-14-17(15-13-16)24-23(30)25-21(27)19-10-6-7-11-20(19)29-2/h3-15H,1-2H3,(H2,24,25,27,30). The lowest BCUT2D eigenvalue weighted by Gasteiger charge is -2.17. The largest absolute Gasteiger partial charge is 0.496 e. The van der Waals surface area contributed by atoms with Crippen LogP contribution in [0.1, 0.15) is 20.7 Å². The minimum absolute atomic E-state index is 0.125. The second-order valence-electron chi connectivity index (χ2n) is 6.39. The summed E-state index contributed by atoms with van der Waals surface area (Å²) in [5.74, 6) is -0.0377. The number of nitrogens with one attached hydrogen (secondary N) is 2. The number of ether oxygens (including phenoxy) is 1. The average molecular weight is 420 g/mol. The molecule has 0 spiro atoms. The molecule has 0 unspecified atom stereocenters. The quantitative estimate of drug-likeness (QED) is 0.610. The fraction of sp³-hybridized carbons (Fsp3) is 0.0870. The van der Waals surface area contributed by atoms with Crippen LogP contribution >= 0.6 is 12.2 Å². The summed E-state index contributed by atoms with van der Waals surface area (Å²) < 4.78 is 5.19. The zero-order valence-corrected chi connectivity index (χ0v) is 17.4. The van der Waals surface area contributed by atoms with E-state index in [0.29, 0.717) is 22.6 Å². The first kappa shape index (κ1) is 21.0. The summed E-state index contributed by atoms with van der Waals surface area (Å²) in [5.41, 5.74) is 2.38. The van der Waals surface area contributed by atoms with Crippen LogP contribution in [0.4, 0.5) is 11.4 Å². The maximum atomic E-state index is 12.7. The number of hydrogen-bond donors (Lipinski definition) is 2. The molecule has 3 rings (SSSR count). The maximum absolute atomic E-state index is 12.7. The van der Waals surface area contributed by atoms with E-state index in [2.05, 4.69) is 10.6 Å². The van der Waals surface area contributed by atoms with Crippen LogP contribution in [0.5, 0.6) is 5.75 Å². The molecule has 0 aliphatic heterocycles. The Morgan fingerprint density at radius 2 is 1.53 bits per heavy atom. The second kappa shape index (κ2) is 9.67. The lowest BCUT2D eigenvalue weighted by atomic mass is 10.1. The summed E-state index contributed by atoms with van der Waals surface area (Å²) in [6.45, 7) is 0. The molecule has 0 aromatic heterocycles. The van der Waals surface area contributed by atoms with Crippen LogP contribution in [0.15, 0.2) is 78.9 Å². The second-order valence-corrected chi connectivity index (χ2v) is 6.79.